The Labute approximate surface area is 138 Å². The Kier molecular flexibility index (Phi) is 7.91. The van der Waals surface area contributed by atoms with Crippen LogP contribution in [0.3, 0.4) is 0 Å². The normalized spacial score (nSPS) is 20.2. The molecule has 112 valence electrons. The Morgan fingerprint density at radius 2 is 2.15 bits per heavy atom. The molecule has 3 N–H and O–H groups in total. The number of nitrogens with one attached hydrogen (secondary N) is 1. The molecule has 4 nitrogen and oxygen atoms in total. The minimum absolute atomic E-state index is 0. The van der Waals surface area contributed by atoms with Gasteiger partial charge in [0.25, 0.3) is 0 Å². The average Bonchev–Trinajstić information content (AvgIpc) is 2.40. The predicted octanol–water partition coefficient (Wildman–Crippen LogP) is 2.76. The summed E-state index contributed by atoms with van der Waals surface area (Å²) in [5.41, 5.74) is 6.85. The van der Waals surface area contributed by atoms with Crippen LogP contribution >= 0.6 is 24.0 Å². The van der Waals surface area contributed by atoms with Gasteiger partial charge >= 0.3 is 0 Å². The Morgan fingerprint density at radius 1 is 1.40 bits per heavy atom. The van der Waals surface area contributed by atoms with Gasteiger partial charge in [-0.25, -0.2) is 0 Å². The highest BCUT2D eigenvalue weighted by Gasteiger charge is 2.15. The van der Waals surface area contributed by atoms with Crippen molar-refractivity contribution in [1.29, 1.82) is 0 Å². The summed E-state index contributed by atoms with van der Waals surface area (Å²) in [5.74, 6) is 1.31. The van der Waals surface area contributed by atoms with Crippen LogP contribution < -0.4 is 11.1 Å². The molecule has 5 heteroatoms. The standard InChI is InChI=1S/C15H24N4.HI/c1-13-6-5-10-19(12-13)11-9-17-15(16)18-14-7-3-2-4-8-14;/h2-4,7-8,13H,5-6,9-12H2,1H3,(H3,16,17,18);1H. The zero-order chi connectivity index (χ0) is 13.5. The maximum atomic E-state index is 5.87. The van der Waals surface area contributed by atoms with Crippen LogP contribution in [-0.2, 0) is 0 Å². The van der Waals surface area contributed by atoms with Crippen molar-refractivity contribution in [3.05, 3.63) is 30.3 Å². The number of guanidine groups is 1. The van der Waals surface area contributed by atoms with Gasteiger partial charge in [0.2, 0.25) is 0 Å². The van der Waals surface area contributed by atoms with Gasteiger partial charge in [-0.15, -0.1) is 24.0 Å². The van der Waals surface area contributed by atoms with E-state index >= 15 is 0 Å². The first-order chi connectivity index (χ1) is 9.24. The van der Waals surface area contributed by atoms with Crippen LogP contribution in [-0.4, -0.2) is 37.0 Å². The minimum atomic E-state index is 0. The second-order valence-corrected chi connectivity index (χ2v) is 5.31. The number of para-hydroxylation sites is 1. The van der Waals surface area contributed by atoms with Gasteiger partial charge in [0.15, 0.2) is 5.96 Å². The van der Waals surface area contributed by atoms with Gasteiger partial charge in [0, 0.05) is 18.8 Å². The average molecular weight is 388 g/mol. The molecule has 2 rings (SSSR count). The maximum Gasteiger partial charge on any atom is 0.193 e. The molecule has 0 aromatic heterocycles. The Morgan fingerprint density at radius 3 is 2.85 bits per heavy atom. The fourth-order valence-electron chi connectivity index (χ4n) is 2.51. The van der Waals surface area contributed by atoms with Crippen molar-refractivity contribution >= 4 is 35.6 Å². The molecule has 1 aliphatic heterocycles. The molecule has 0 radical (unpaired) electrons. The SMILES string of the molecule is CC1CCCN(CCN=C(N)Nc2ccccc2)C1.I. The number of nitrogens with zero attached hydrogens (tertiary/aromatic N) is 2. The van der Waals surface area contributed by atoms with E-state index in [2.05, 4.69) is 22.1 Å². The third-order valence-electron chi connectivity index (χ3n) is 3.49. The van der Waals surface area contributed by atoms with Crippen LogP contribution in [0.2, 0.25) is 0 Å². The van der Waals surface area contributed by atoms with E-state index in [9.17, 15) is 0 Å². The van der Waals surface area contributed by atoms with Crippen molar-refractivity contribution in [2.75, 3.05) is 31.5 Å². The number of hydrogen-bond donors (Lipinski definition) is 2. The van der Waals surface area contributed by atoms with Gasteiger partial charge in [-0.05, 0) is 37.4 Å². The minimum Gasteiger partial charge on any atom is -0.370 e. The first-order valence-electron chi connectivity index (χ1n) is 7.08. The molecule has 1 heterocycles. The number of halogens is 1. The van der Waals surface area contributed by atoms with Crippen molar-refractivity contribution in [3.63, 3.8) is 0 Å². The van der Waals surface area contributed by atoms with E-state index in [4.69, 9.17) is 5.73 Å². The summed E-state index contributed by atoms with van der Waals surface area (Å²) in [5, 5.41) is 3.10. The van der Waals surface area contributed by atoms with Crippen LogP contribution in [0.5, 0.6) is 0 Å². The molecule has 1 aromatic carbocycles. The van der Waals surface area contributed by atoms with Gasteiger partial charge in [-0.3, -0.25) is 4.99 Å². The van der Waals surface area contributed by atoms with E-state index in [1.54, 1.807) is 0 Å². The van der Waals surface area contributed by atoms with Gasteiger partial charge in [-0.1, -0.05) is 25.1 Å². The van der Waals surface area contributed by atoms with Crippen LogP contribution in [0, 0.1) is 5.92 Å². The van der Waals surface area contributed by atoms with Crippen molar-refractivity contribution in [2.45, 2.75) is 19.8 Å². The van der Waals surface area contributed by atoms with Crippen molar-refractivity contribution in [2.24, 2.45) is 16.6 Å². The number of rotatable bonds is 4. The van der Waals surface area contributed by atoms with E-state index in [0.717, 1.165) is 24.7 Å². The van der Waals surface area contributed by atoms with Crippen LogP contribution in [0.1, 0.15) is 19.8 Å². The highest BCUT2D eigenvalue weighted by molar-refractivity contribution is 14.0. The largest absolute Gasteiger partial charge is 0.370 e. The number of piperidine rings is 1. The summed E-state index contributed by atoms with van der Waals surface area (Å²) in [4.78, 5) is 6.86. The first kappa shape index (κ1) is 17.2. The summed E-state index contributed by atoms with van der Waals surface area (Å²) in [6.07, 6.45) is 2.67. The van der Waals surface area contributed by atoms with Crippen LogP contribution in [0.25, 0.3) is 0 Å². The monoisotopic (exact) mass is 388 g/mol. The molecule has 1 aliphatic rings. The van der Waals surface area contributed by atoms with E-state index in [-0.39, 0.29) is 24.0 Å². The number of benzene rings is 1. The van der Waals surface area contributed by atoms with Crippen LogP contribution in [0.4, 0.5) is 5.69 Å². The molecule has 1 saturated heterocycles. The lowest BCUT2D eigenvalue weighted by molar-refractivity contribution is 0.189. The predicted molar refractivity (Wildman–Crippen MR) is 96.8 cm³/mol. The number of anilines is 1. The lowest BCUT2D eigenvalue weighted by Crippen LogP contribution is -2.36. The number of aliphatic imine (C=N–C) groups is 1. The summed E-state index contributed by atoms with van der Waals surface area (Å²) >= 11 is 0. The van der Waals surface area contributed by atoms with E-state index in [1.807, 2.05) is 30.3 Å². The van der Waals surface area contributed by atoms with E-state index < -0.39 is 0 Å². The second-order valence-electron chi connectivity index (χ2n) is 5.31. The molecule has 0 saturated carbocycles. The molecule has 0 aliphatic carbocycles. The summed E-state index contributed by atoms with van der Waals surface area (Å²) in [6, 6.07) is 9.90. The third-order valence-corrected chi connectivity index (χ3v) is 3.49. The molecule has 1 fully saturated rings. The highest BCUT2D eigenvalue weighted by atomic mass is 127. The van der Waals surface area contributed by atoms with Gasteiger partial charge < -0.3 is 16.0 Å². The molecule has 1 aromatic rings. The van der Waals surface area contributed by atoms with E-state index in [0.29, 0.717) is 5.96 Å². The van der Waals surface area contributed by atoms with E-state index in [1.165, 1.54) is 25.9 Å². The molecule has 0 amide bonds. The summed E-state index contributed by atoms with van der Waals surface area (Å²) in [6.45, 7) is 6.48. The molecular formula is C15H25IN4. The Balaban J connectivity index is 0.00000200. The zero-order valence-electron chi connectivity index (χ0n) is 12.1. The third kappa shape index (κ3) is 6.09. The first-order valence-corrected chi connectivity index (χ1v) is 7.08. The topological polar surface area (TPSA) is 53.6 Å². The maximum absolute atomic E-state index is 5.87. The quantitative estimate of drug-likeness (QED) is 0.474. The Hall–Kier alpha value is -0.820. The number of hydrogen-bond acceptors (Lipinski definition) is 2. The Bertz CT molecular complexity index is 408. The van der Waals surface area contributed by atoms with Gasteiger partial charge in [0.05, 0.1) is 6.54 Å². The fraction of sp³-hybridized carbons (Fsp3) is 0.533. The van der Waals surface area contributed by atoms with Crippen molar-refractivity contribution in [3.8, 4) is 0 Å². The molecule has 0 spiro atoms. The second kappa shape index (κ2) is 9.18. The summed E-state index contributed by atoms with van der Waals surface area (Å²) < 4.78 is 0. The highest BCUT2D eigenvalue weighted by Crippen LogP contribution is 2.14. The van der Waals surface area contributed by atoms with Crippen molar-refractivity contribution < 1.29 is 0 Å². The van der Waals surface area contributed by atoms with Gasteiger partial charge in [0.1, 0.15) is 0 Å². The van der Waals surface area contributed by atoms with Crippen molar-refractivity contribution in [1.82, 2.24) is 4.90 Å². The molecule has 1 unspecified atom stereocenters. The van der Waals surface area contributed by atoms with Gasteiger partial charge in [-0.2, -0.15) is 0 Å². The van der Waals surface area contributed by atoms with Crippen LogP contribution in [0.15, 0.2) is 35.3 Å². The number of nitrogens with two attached hydrogens (primary N) is 1. The molecular weight excluding hydrogens is 363 g/mol. The number of likely N-dealkylation sites (tertiary alicyclic amines) is 1. The molecule has 1 atom stereocenters. The molecule has 0 bridgehead atoms. The zero-order valence-corrected chi connectivity index (χ0v) is 14.4. The molecule has 20 heavy (non-hydrogen) atoms. The lowest BCUT2D eigenvalue weighted by atomic mass is 10.0. The fourth-order valence-corrected chi connectivity index (χ4v) is 2.51. The lowest BCUT2D eigenvalue weighted by Gasteiger charge is -2.30. The summed E-state index contributed by atoms with van der Waals surface area (Å²) in [7, 11) is 0. The smallest absolute Gasteiger partial charge is 0.193 e.